The Morgan fingerprint density at radius 2 is 0.642 bits per heavy atom. The van der Waals surface area contributed by atoms with Crippen LogP contribution in [0.3, 0.4) is 0 Å². The van der Waals surface area contributed by atoms with Crippen LogP contribution >= 0.6 is 7.82 Å². The maximum Gasteiger partial charge on any atom is 0.472 e. The van der Waals surface area contributed by atoms with Crippen LogP contribution in [0.1, 0.15) is 322 Å². The van der Waals surface area contributed by atoms with Crippen LogP contribution in [0.25, 0.3) is 0 Å². The van der Waals surface area contributed by atoms with E-state index < -0.39 is 26.5 Å². The number of unbranched alkanes of at least 4 members (excludes halogenated alkanes) is 44. The third-order valence-corrected chi connectivity index (χ3v) is 14.5. The second-order valence-electron chi connectivity index (χ2n) is 20.2. The largest absolute Gasteiger partial charge is 0.472 e. The fourth-order valence-electron chi connectivity index (χ4n) is 9.11. The van der Waals surface area contributed by atoms with Gasteiger partial charge in [-0.1, -0.05) is 296 Å². The number of phosphoric acid groups is 1. The van der Waals surface area contributed by atoms with Gasteiger partial charge in [0.15, 0.2) is 6.10 Å². The second kappa shape index (κ2) is 54.3. The molecule has 2 atom stereocenters. The molecule has 0 rings (SSSR count). The number of carbonyl (C=O) groups excluding carboxylic acids is 2. The van der Waals surface area contributed by atoms with Crippen molar-refractivity contribution in [2.24, 2.45) is 5.73 Å². The summed E-state index contributed by atoms with van der Waals surface area (Å²) in [5.41, 5.74) is 5.38. The van der Waals surface area contributed by atoms with Crippen molar-refractivity contribution in [1.29, 1.82) is 0 Å². The van der Waals surface area contributed by atoms with E-state index in [0.717, 1.165) is 32.1 Å². The molecule has 0 bridgehead atoms. The summed E-state index contributed by atoms with van der Waals surface area (Å²) in [6.45, 7) is 3.83. The molecule has 0 saturated carbocycles. The van der Waals surface area contributed by atoms with E-state index in [0.29, 0.717) is 12.8 Å². The average molecular weight is 973 g/mol. The number of hydrogen-bond acceptors (Lipinski definition) is 8. The van der Waals surface area contributed by atoms with Gasteiger partial charge >= 0.3 is 19.8 Å². The molecule has 0 amide bonds. The molecule has 67 heavy (non-hydrogen) atoms. The van der Waals surface area contributed by atoms with Crippen molar-refractivity contribution < 1.29 is 37.6 Å². The van der Waals surface area contributed by atoms with Gasteiger partial charge in [-0.15, -0.1) is 0 Å². The minimum absolute atomic E-state index is 0.0586. The van der Waals surface area contributed by atoms with Crippen LogP contribution in [0.4, 0.5) is 0 Å². The van der Waals surface area contributed by atoms with E-state index in [1.54, 1.807) is 0 Å². The van der Waals surface area contributed by atoms with Gasteiger partial charge in [-0.2, -0.15) is 0 Å². The molecule has 400 valence electrons. The zero-order valence-electron chi connectivity index (χ0n) is 44.7. The Morgan fingerprint density at radius 1 is 0.388 bits per heavy atom. The highest BCUT2D eigenvalue weighted by Crippen LogP contribution is 2.43. The highest BCUT2D eigenvalue weighted by molar-refractivity contribution is 7.47. The summed E-state index contributed by atoms with van der Waals surface area (Å²) in [6, 6.07) is 0. The van der Waals surface area contributed by atoms with Gasteiger partial charge in [0.05, 0.1) is 13.2 Å². The quantitative estimate of drug-likeness (QED) is 0.0347. The molecule has 9 nitrogen and oxygen atoms in total. The molecule has 0 aromatic rings. The van der Waals surface area contributed by atoms with Crippen molar-refractivity contribution in [3.63, 3.8) is 0 Å². The van der Waals surface area contributed by atoms with E-state index in [9.17, 15) is 19.0 Å². The van der Waals surface area contributed by atoms with Crippen molar-refractivity contribution in [3.8, 4) is 0 Å². The lowest BCUT2D eigenvalue weighted by Crippen LogP contribution is -2.29. The summed E-state index contributed by atoms with van der Waals surface area (Å²) < 4.78 is 33.1. The van der Waals surface area contributed by atoms with E-state index in [1.165, 1.54) is 257 Å². The maximum absolute atomic E-state index is 12.7. The Morgan fingerprint density at radius 3 is 0.910 bits per heavy atom. The van der Waals surface area contributed by atoms with E-state index in [1.807, 2.05) is 0 Å². The number of phosphoric ester groups is 1. The van der Waals surface area contributed by atoms with E-state index in [4.69, 9.17) is 24.3 Å². The Kier molecular flexibility index (Phi) is 53.5. The van der Waals surface area contributed by atoms with Crippen LogP contribution in [-0.4, -0.2) is 49.3 Å². The Labute approximate surface area is 416 Å². The molecule has 0 saturated heterocycles. The lowest BCUT2D eigenvalue weighted by atomic mass is 10.0. The van der Waals surface area contributed by atoms with Gasteiger partial charge in [0.1, 0.15) is 6.61 Å². The first-order chi connectivity index (χ1) is 32.8. The predicted molar refractivity (Wildman–Crippen MR) is 285 cm³/mol. The van der Waals surface area contributed by atoms with Crippen LogP contribution in [0.15, 0.2) is 0 Å². The van der Waals surface area contributed by atoms with Crippen LogP contribution in [0.2, 0.25) is 0 Å². The Balaban J connectivity index is 3.90. The van der Waals surface area contributed by atoms with Crippen LogP contribution in [0, 0.1) is 0 Å². The summed E-state index contributed by atoms with van der Waals surface area (Å²) in [7, 11) is -4.38. The molecule has 0 heterocycles. The lowest BCUT2D eigenvalue weighted by molar-refractivity contribution is -0.161. The smallest absolute Gasteiger partial charge is 0.462 e. The van der Waals surface area contributed by atoms with Crippen molar-refractivity contribution in [3.05, 3.63) is 0 Å². The predicted octanol–water partition coefficient (Wildman–Crippen LogP) is 18.3. The number of nitrogens with two attached hydrogens (primary N) is 1. The molecule has 0 radical (unpaired) electrons. The molecule has 0 aliphatic carbocycles. The highest BCUT2D eigenvalue weighted by atomic mass is 31.2. The van der Waals surface area contributed by atoms with Crippen LogP contribution in [-0.2, 0) is 32.7 Å². The van der Waals surface area contributed by atoms with Gasteiger partial charge in [0, 0.05) is 19.4 Å². The molecule has 10 heteroatoms. The highest BCUT2D eigenvalue weighted by Gasteiger charge is 2.26. The second-order valence-corrected chi connectivity index (χ2v) is 21.7. The van der Waals surface area contributed by atoms with Gasteiger partial charge in [0.25, 0.3) is 0 Å². The van der Waals surface area contributed by atoms with E-state index in [2.05, 4.69) is 13.8 Å². The van der Waals surface area contributed by atoms with Crippen LogP contribution < -0.4 is 5.73 Å². The molecule has 0 aliphatic rings. The maximum atomic E-state index is 12.7. The van der Waals surface area contributed by atoms with Crippen molar-refractivity contribution in [2.75, 3.05) is 26.4 Å². The normalized spacial score (nSPS) is 13.0. The summed E-state index contributed by atoms with van der Waals surface area (Å²) >= 11 is 0. The van der Waals surface area contributed by atoms with Gasteiger partial charge in [-0.25, -0.2) is 4.57 Å². The molecular formula is C57H114NO8P. The molecule has 0 spiro atoms. The van der Waals surface area contributed by atoms with Crippen molar-refractivity contribution >= 4 is 19.8 Å². The number of hydrogen-bond donors (Lipinski definition) is 2. The Bertz CT molecular complexity index is 1060. The SMILES string of the molecule is CCCCCCCCCCCCCCCCCCCCCCCCCC(=O)OCC(COP(=O)(O)OCCN)OC(=O)CCCCCCCCCCCCCCCCCCCCCCCCC. The standard InChI is InChI=1S/C57H114NO8P/c1-3-5-7-9-11-13-15-17-19-21-23-25-27-29-31-33-35-37-39-41-43-45-47-49-56(59)63-53-55(54-65-67(61,62)64-52-51-58)66-57(60)50-48-46-44-42-40-38-36-34-32-30-28-26-24-22-20-18-16-14-12-10-8-6-4-2/h55H,3-54,58H2,1-2H3,(H,61,62). The number of rotatable bonds is 57. The third kappa shape index (κ3) is 54.2. The van der Waals surface area contributed by atoms with Gasteiger partial charge in [-0.3, -0.25) is 18.6 Å². The van der Waals surface area contributed by atoms with Gasteiger partial charge in [-0.05, 0) is 12.8 Å². The molecule has 2 unspecified atom stereocenters. The molecular weight excluding hydrogens is 858 g/mol. The minimum Gasteiger partial charge on any atom is -0.462 e. The first-order valence-electron chi connectivity index (χ1n) is 29.5. The van der Waals surface area contributed by atoms with E-state index in [-0.39, 0.29) is 32.1 Å². The summed E-state index contributed by atoms with van der Waals surface area (Å²) in [4.78, 5) is 35.2. The molecule has 0 fully saturated rings. The molecule has 3 N–H and O–H groups in total. The zero-order chi connectivity index (χ0) is 48.8. The summed E-state index contributed by atoms with van der Waals surface area (Å²) in [5.74, 6) is -0.801. The molecule has 0 aromatic carbocycles. The minimum atomic E-state index is -4.38. The molecule has 0 aromatic heterocycles. The van der Waals surface area contributed by atoms with Gasteiger partial charge in [0.2, 0.25) is 0 Å². The van der Waals surface area contributed by atoms with E-state index >= 15 is 0 Å². The monoisotopic (exact) mass is 972 g/mol. The molecule has 0 aliphatic heterocycles. The number of esters is 2. The summed E-state index contributed by atoms with van der Waals surface area (Å²) in [5, 5.41) is 0. The third-order valence-electron chi connectivity index (χ3n) is 13.5. The van der Waals surface area contributed by atoms with Crippen molar-refractivity contribution in [2.45, 2.75) is 328 Å². The summed E-state index contributed by atoms with van der Waals surface area (Å²) in [6.07, 6.45) is 60.2. The average Bonchev–Trinajstić information content (AvgIpc) is 3.32. The van der Waals surface area contributed by atoms with Crippen LogP contribution in [0.5, 0.6) is 0 Å². The number of ether oxygens (including phenoxy) is 2. The number of carbonyl (C=O) groups is 2. The first kappa shape index (κ1) is 66.0. The lowest BCUT2D eigenvalue weighted by Gasteiger charge is -2.19. The zero-order valence-corrected chi connectivity index (χ0v) is 45.6. The topological polar surface area (TPSA) is 134 Å². The fourth-order valence-corrected chi connectivity index (χ4v) is 9.88. The van der Waals surface area contributed by atoms with Gasteiger partial charge < -0.3 is 20.1 Å². The fraction of sp³-hybridized carbons (Fsp3) is 0.965. The van der Waals surface area contributed by atoms with Crippen molar-refractivity contribution in [1.82, 2.24) is 0 Å². The Hall–Kier alpha value is -0.990. The first-order valence-corrected chi connectivity index (χ1v) is 31.0.